The van der Waals surface area contributed by atoms with Crippen molar-refractivity contribution in [1.29, 1.82) is 0 Å². The van der Waals surface area contributed by atoms with Gasteiger partial charge in [-0.2, -0.15) is 0 Å². The van der Waals surface area contributed by atoms with Gasteiger partial charge in [-0.15, -0.1) is 11.3 Å². The van der Waals surface area contributed by atoms with Crippen LogP contribution in [0.3, 0.4) is 0 Å². The number of aryl methyl sites for hydroxylation is 1. The molecule has 2 fully saturated rings. The Balaban J connectivity index is 1.51. The summed E-state index contributed by atoms with van der Waals surface area (Å²) in [6, 6.07) is 10.7. The topological polar surface area (TPSA) is 33.2 Å². The van der Waals surface area contributed by atoms with Crippen molar-refractivity contribution in [3.05, 3.63) is 52.0 Å². The van der Waals surface area contributed by atoms with Crippen LogP contribution in [0.1, 0.15) is 53.9 Å². The zero-order chi connectivity index (χ0) is 15.8. The van der Waals surface area contributed by atoms with Crippen molar-refractivity contribution in [3.63, 3.8) is 0 Å². The fourth-order valence-corrected chi connectivity index (χ4v) is 4.67. The Morgan fingerprint density at radius 2 is 2.09 bits per heavy atom. The molecular weight excluding hydrogens is 304 g/mol. The van der Waals surface area contributed by atoms with Gasteiger partial charge in [-0.25, -0.2) is 4.98 Å². The van der Waals surface area contributed by atoms with Gasteiger partial charge in [0.1, 0.15) is 5.01 Å². The minimum Gasteiger partial charge on any atom is -0.333 e. The molecular formula is C19H22N2OS. The fourth-order valence-electron chi connectivity index (χ4n) is 3.73. The van der Waals surface area contributed by atoms with Gasteiger partial charge in [0.2, 0.25) is 5.91 Å². The van der Waals surface area contributed by atoms with Gasteiger partial charge in [0, 0.05) is 23.5 Å². The summed E-state index contributed by atoms with van der Waals surface area (Å²) in [6.45, 7) is 2.92. The Labute approximate surface area is 141 Å². The van der Waals surface area contributed by atoms with Crippen LogP contribution in [-0.4, -0.2) is 22.3 Å². The molecule has 1 aliphatic carbocycles. The third kappa shape index (κ3) is 2.92. The number of thiazole rings is 1. The summed E-state index contributed by atoms with van der Waals surface area (Å²) in [4.78, 5) is 19.8. The summed E-state index contributed by atoms with van der Waals surface area (Å²) in [5.41, 5.74) is 2.38. The van der Waals surface area contributed by atoms with Crippen LogP contribution in [0.25, 0.3) is 0 Å². The van der Waals surface area contributed by atoms with E-state index in [4.69, 9.17) is 0 Å². The minimum absolute atomic E-state index is 0.180. The van der Waals surface area contributed by atoms with E-state index in [1.165, 1.54) is 12.0 Å². The number of hydrogen-bond acceptors (Lipinski definition) is 3. The first-order valence-electron chi connectivity index (χ1n) is 8.51. The summed E-state index contributed by atoms with van der Waals surface area (Å²) >= 11 is 1.70. The molecule has 23 heavy (non-hydrogen) atoms. The van der Waals surface area contributed by atoms with Crippen molar-refractivity contribution in [2.45, 2.75) is 44.6 Å². The lowest BCUT2D eigenvalue weighted by atomic mass is 10.0. The zero-order valence-electron chi connectivity index (χ0n) is 13.4. The molecule has 2 heterocycles. The molecule has 4 rings (SSSR count). The molecule has 0 radical (unpaired) electrons. The first-order chi connectivity index (χ1) is 11.2. The van der Waals surface area contributed by atoms with Gasteiger partial charge in [-0.05, 0) is 44.1 Å². The Morgan fingerprint density at radius 1 is 1.26 bits per heavy atom. The number of hydrogen-bond donors (Lipinski definition) is 0. The molecule has 1 aromatic heterocycles. The van der Waals surface area contributed by atoms with Crippen LogP contribution < -0.4 is 0 Å². The smallest absolute Gasteiger partial charge is 0.226 e. The molecule has 0 spiro atoms. The number of piperidine rings is 1. The van der Waals surface area contributed by atoms with Crippen molar-refractivity contribution in [2.24, 2.45) is 5.92 Å². The Hall–Kier alpha value is -1.68. The Bertz CT molecular complexity index is 696. The monoisotopic (exact) mass is 326 g/mol. The lowest BCUT2D eigenvalue weighted by Crippen LogP contribution is -2.39. The average Bonchev–Trinajstić information content (AvgIpc) is 3.29. The molecule has 3 unspecified atom stereocenters. The zero-order valence-corrected chi connectivity index (χ0v) is 14.3. The first kappa shape index (κ1) is 14.9. The van der Waals surface area contributed by atoms with Gasteiger partial charge in [-0.1, -0.05) is 30.3 Å². The predicted octanol–water partition coefficient (Wildman–Crippen LogP) is 4.31. The highest BCUT2D eigenvalue weighted by Crippen LogP contribution is 2.50. The van der Waals surface area contributed by atoms with Crippen LogP contribution in [0.15, 0.2) is 35.7 Å². The summed E-state index contributed by atoms with van der Waals surface area (Å²) in [6.07, 6.45) is 4.37. The van der Waals surface area contributed by atoms with E-state index in [1.54, 1.807) is 11.3 Å². The van der Waals surface area contributed by atoms with E-state index in [0.717, 1.165) is 36.5 Å². The van der Waals surface area contributed by atoms with Crippen LogP contribution in [0.2, 0.25) is 0 Å². The van der Waals surface area contributed by atoms with Crippen molar-refractivity contribution >= 4 is 17.2 Å². The second-order valence-electron chi connectivity index (χ2n) is 6.73. The molecule has 1 amide bonds. The molecule has 3 atom stereocenters. The van der Waals surface area contributed by atoms with Crippen LogP contribution in [-0.2, 0) is 4.79 Å². The molecule has 2 aromatic rings. The summed E-state index contributed by atoms with van der Waals surface area (Å²) in [5.74, 6) is 0.944. The lowest BCUT2D eigenvalue weighted by Gasteiger charge is -2.35. The van der Waals surface area contributed by atoms with E-state index >= 15 is 0 Å². The highest BCUT2D eigenvalue weighted by Gasteiger charge is 2.47. The van der Waals surface area contributed by atoms with Gasteiger partial charge in [-0.3, -0.25) is 4.79 Å². The van der Waals surface area contributed by atoms with E-state index < -0.39 is 0 Å². The standard InChI is InChI=1S/C19H22N2OS/c1-13-12-23-18(20-13)17-9-5-6-10-21(17)19(22)16-11-15(16)14-7-3-2-4-8-14/h2-4,7-8,12,15-17H,5-6,9-11H2,1H3. The quantitative estimate of drug-likeness (QED) is 0.842. The fraction of sp³-hybridized carbons (Fsp3) is 0.474. The van der Waals surface area contributed by atoms with Gasteiger partial charge in [0.05, 0.1) is 6.04 Å². The molecule has 120 valence electrons. The highest BCUT2D eigenvalue weighted by molar-refractivity contribution is 7.09. The average molecular weight is 326 g/mol. The predicted molar refractivity (Wildman–Crippen MR) is 92.4 cm³/mol. The lowest BCUT2D eigenvalue weighted by molar-refractivity contribution is -0.136. The van der Waals surface area contributed by atoms with Crippen molar-refractivity contribution in [2.75, 3.05) is 6.54 Å². The first-order valence-corrected chi connectivity index (χ1v) is 9.39. The maximum atomic E-state index is 13.0. The molecule has 1 saturated carbocycles. The van der Waals surface area contributed by atoms with Crippen LogP contribution >= 0.6 is 11.3 Å². The van der Waals surface area contributed by atoms with Crippen molar-refractivity contribution in [3.8, 4) is 0 Å². The van der Waals surface area contributed by atoms with Gasteiger partial charge in [0.25, 0.3) is 0 Å². The SMILES string of the molecule is Cc1csc(C2CCCCN2C(=O)C2CC2c2ccccc2)n1. The number of likely N-dealkylation sites (tertiary alicyclic amines) is 1. The van der Waals surface area contributed by atoms with Crippen LogP contribution in [0.5, 0.6) is 0 Å². The second kappa shape index (κ2) is 6.08. The maximum Gasteiger partial charge on any atom is 0.226 e. The molecule has 1 saturated heterocycles. The van der Waals surface area contributed by atoms with Gasteiger partial charge >= 0.3 is 0 Å². The number of benzene rings is 1. The van der Waals surface area contributed by atoms with E-state index in [2.05, 4.69) is 39.5 Å². The molecule has 0 bridgehead atoms. The summed E-state index contributed by atoms with van der Waals surface area (Å²) in [5, 5.41) is 3.21. The molecule has 1 aliphatic heterocycles. The van der Waals surface area contributed by atoms with E-state index in [1.807, 2.05) is 13.0 Å². The second-order valence-corrected chi connectivity index (χ2v) is 7.62. The van der Waals surface area contributed by atoms with E-state index in [9.17, 15) is 4.79 Å². The maximum absolute atomic E-state index is 13.0. The van der Waals surface area contributed by atoms with Crippen LogP contribution in [0, 0.1) is 12.8 Å². The number of carbonyl (C=O) groups is 1. The van der Waals surface area contributed by atoms with E-state index in [-0.39, 0.29) is 12.0 Å². The largest absolute Gasteiger partial charge is 0.333 e. The number of amides is 1. The Kier molecular flexibility index (Phi) is 3.93. The van der Waals surface area contributed by atoms with Gasteiger partial charge < -0.3 is 4.90 Å². The molecule has 0 N–H and O–H groups in total. The molecule has 3 nitrogen and oxygen atoms in total. The highest BCUT2D eigenvalue weighted by atomic mass is 32.1. The number of rotatable bonds is 3. The minimum atomic E-state index is 0.180. The number of carbonyl (C=O) groups excluding carboxylic acids is 1. The molecule has 2 aliphatic rings. The van der Waals surface area contributed by atoms with Gasteiger partial charge in [0.15, 0.2) is 0 Å². The van der Waals surface area contributed by atoms with E-state index in [0.29, 0.717) is 11.8 Å². The normalized spacial score (nSPS) is 27.0. The summed E-state index contributed by atoms with van der Waals surface area (Å²) < 4.78 is 0. The number of aromatic nitrogens is 1. The van der Waals surface area contributed by atoms with Crippen molar-refractivity contribution in [1.82, 2.24) is 9.88 Å². The van der Waals surface area contributed by atoms with Crippen LogP contribution in [0.4, 0.5) is 0 Å². The van der Waals surface area contributed by atoms with Crippen molar-refractivity contribution < 1.29 is 4.79 Å². The number of nitrogens with zero attached hydrogens (tertiary/aromatic N) is 2. The Morgan fingerprint density at radius 3 is 2.83 bits per heavy atom. The third-order valence-electron chi connectivity index (χ3n) is 5.04. The third-order valence-corrected chi connectivity index (χ3v) is 6.11. The molecule has 4 heteroatoms. The molecule has 1 aromatic carbocycles. The summed E-state index contributed by atoms with van der Waals surface area (Å²) in [7, 11) is 0.